The Morgan fingerprint density at radius 3 is 2.35 bits per heavy atom. The van der Waals surface area contributed by atoms with Crippen LogP contribution < -0.4 is 14.8 Å². The van der Waals surface area contributed by atoms with Gasteiger partial charge in [0.2, 0.25) is 0 Å². The largest absolute Gasteiger partial charge is 0.493 e. The van der Waals surface area contributed by atoms with Gasteiger partial charge in [0.05, 0.1) is 30.8 Å². The lowest BCUT2D eigenvalue weighted by atomic mass is 10.2. The van der Waals surface area contributed by atoms with Crippen LogP contribution in [0.25, 0.3) is 0 Å². The molecular formula is C17H16N2O7. The van der Waals surface area contributed by atoms with Gasteiger partial charge in [-0.2, -0.15) is 0 Å². The summed E-state index contributed by atoms with van der Waals surface area (Å²) in [7, 11) is 2.66. The number of rotatable bonds is 7. The summed E-state index contributed by atoms with van der Waals surface area (Å²) < 4.78 is 15.0. The van der Waals surface area contributed by atoms with Crippen molar-refractivity contribution >= 4 is 23.3 Å². The van der Waals surface area contributed by atoms with Crippen molar-refractivity contribution in [3.63, 3.8) is 0 Å². The average molecular weight is 360 g/mol. The summed E-state index contributed by atoms with van der Waals surface area (Å²) in [6.07, 6.45) is 0. The lowest BCUT2D eigenvalue weighted by Gasteiger charge is -2.11. The van der Waals surface area contributed by atoms with E-state index >= 15 is 0 Å². The molecule has 2 aromatic rings. The van der Waals surface area contributed by atoms with Gasteiger partial charge >= 0.3 is 5.97 Å². The Balaban J connectivity index is 1.99. The summed E-state index contributed by atoms with van der Waals surface area (Å²) in [6, 6.07) is 9.93. The van der Waals surface area contributed by atoms with Crippen molar-refractivity contribution < 1.29 is 28.7 Å². The van der Waals surface area contributed by atoms with E-state index in [4.69, 9.17) is 9.47 Å². The number of benzene rings is 2. The van der Waals surface area contributed by atoms with Gasteiger partial charge in [-0.15, -0.1) is 0 Å². The number of carbonyl (C=O) groups is 2. The predicted octanol–water partition coefficient (Wildman–Crippen LogP) is 2.41. The summed E-state index contributed by atoms with van der Waals surface area (Å²) in [4.78, 5) is 33.6. The van der Waals surface area contributed by atoms with Crippen LogP contribution in [0.2, 0.25) is 0 Å². The third kappa shape index (κ3) is 4.69. The molecule has 0 saturated carbocycles. The number of ether oxygens (including phenoxy) is 3. The fourth-order valence-electron chi connectivity index (χ4n) is 2.04. The number of nitrogens with one attached hydrogen (secondary N) is 1. The second kappa shape index (κ2) is 8.47. The minimum atomic E-state index is -0.574. The van der Waals surface area contributed by atoms with E-state index in [1.54, 1.807) is 0 Å². The molecule has 0 atom stereocenters. The zero-order valence-corrected chi connectivity index (χ0v) is 14.1. The standard InChI is InChI=1S/C17H16N2O7/c1-24-14-8-7-13(19(22)23)9-15(14)26-10-16(20)18-12-5-3-11(4-6-12)17(21)25-2/h3-9H,10H2,1-2H3,(H,18,20). The number of nitro groups is 1. The Morgan fingerprint density at radius 2 is 1.77 bits per heavy atom. The zero-order chi connectivity index (χ0) is 19.1. The molecule has 136 valence electrons. The minimum Gasteiger partial charge on any atom is -0.493 e. The molecule has 0 fully saturated rings. The Morgan fingerprint density at radius 1 is 1.08 bits per heavy atom. The molecule has 0 unspecified atom stereocenters. The number of nitrogens with zero attached hydrogens (tertiary/aromatic N) is 1. The average Bonchev–Trinajstić information content (AvgIpc) is 2.66. The molecule has 0 bridgehead atoms. The number of anilines is 1. The number of hydrogen-bond donors (Lipinski definition) is 1. The van der Waals surface area contributed by atoms with Gasteiger partial charge in [-0.3, -0.25) is 14.9 Å². The first-order valence-electron chi connectivity index (χ1n) is 7.38. The Kier molecular flexibility index (Phi) is 6.10. The molecule has 0 heterocycles. The molecule has 26 heavy (non-hydrogen) atoms. The number of non-ortho nitro benzene ring substituents is 1. The maximum atomic E-state index is 12.0. The van der Waals surface area contributed by atoms with Crippen LogP contribution in [0.15, 0.2) is 42.5 Å². The molecule has 9 nitrogen and oxygen atoms in total. The molecule has 0 aliphatic carbocycles. The van der Waals surface area contributed by atoms with Gasteiger partial charge in [-0.05, 0) is 30.3 Å². The fourth-order valence-corrected chi connectivity index (χ4v) is 2.04. The Hall–Kier alpha value is -3.62. The molecule has 2 rings (SSSR count). The lowest BCUT2D eigenvalue weighted by molar-refractivity contribution is -0.385. The fraction of sp³-hybridized carbons (Fsp3) is 0.176. The highest BCUT2D eigenvalue weighted by atomic mass is 16.6. The number of hydrogen-bond acceptors (Lipinski definition) is 7. The van der Waals surface area contributed by atoms with E-state index in [1.807, 2.05) is 0 Å². The predicted molar refractivity (Wildman–Crippen MR) is 91.6 cm³/mol. The maximum absolute atomic E-state index is 12.0. The highest BCUT2D eigenvalue weighted by Gasteiger charge is 2.14. The van der Waals surface area contributed by atoms with Crippen molar-refractivity contribution in [3.05, 3.63) is 58.1 Å². The van der Waals surface area contributed by atoms with Crippen LogP contribution in [0.3, 0.4) is 0 Å². The topological polar surface area (TPSA) is 117 Å². The molecular weight excluding hydrogens is 344 g/mol. The molecule has 0 aliphatic rings. The number of methoxy groups -OCH3 is 2. The number of carbonyl (C=O) groups excluding carboxylic acids is 2. The van der Waals surface area contributed by atoms with Crippen molar-refractivity contribution in [2.45, 2.75) is 0 Å². The number of nitro benzene ring substituents is 1. The van der Waals surface area contributed by atoms with Crippen LogP contribution in [-0.2, 0) is 9.53 Å². The first kappa shape index (κ1) is 18.7. The second-order valence-corrected chi connectivity index (χ2v) is 5.00. The van der Waals surface area contributed by atoms with Gasteiger partial charge in [0.15, 0.2) is 18.1 Å². The second-order valence-electron chi connectivity index (χ2n) is 5.00. The molecule has 0 saturated heterocycles. The molecule has 2 aromatic carbocycles. The van der Waals surface area contributed by atoms with E-state index in [9.17, 15) is 19.7 Å². The van der Waals surface area contributed by atoms with Crippen LogP contribution in [-0.4, -0.2) is 37.6 Å². The highest BCUT2D eigenvalue weighted by Crippen LogP contribution is 2.31. The van der Waals surface area contributed by atoms with Crippen LogP contribution in [0, 0.1) is 10.1 Å². The van der Waals surface area contributed by atoms with Crippen LogP contribution >= 0.6 is 0 Å². The third-order valence-electron chi connectivity index (χ3n) is 3.31. The smallest absolute Gasteiger partial charge is 0.337 e. The first-order chi connectivity index (χ1) is 12.4. The van der Waals surface area contributed by atoms with E-state index in [2.05, 4.69) is 10.1 Å². The van der Waals surface area contributed by atoms with E-state index in [0.29, 0.717) is 11.3 Å². The van der Waals surface area contributed by atoms with Crippen molar-refractivity contribution in [2.24, 2.45) is 0 Å². The van der Waals surface area contributed by atoms with Crippen molar-refractivity contribution in [1.82, 2.24) is 0 Å². The Labute approximate surface area is 148 Å². The Bertz CT molecular complexity index is 818. The number of esters is 1. The van der Waals surface area contributed by atoms with Crippen molar-refractivity contribution in [2.75, 3.05) is 26.1 Å². The lowest BCUT2D eigenvalue weighted by Crippen LogP contribution is -2.20. The van der Waals surface area contributed by atoms with Gasteiger partial charge in [0.25, 0.3) is 11.6 Å². The summed E-state index contributed by atoms with van der Waals surface area (Å²) in [5, 5.41) is 13.4. The van der Waals surface area contributed by atoms with E-state index in [1.165, 1.54) is 56.7 Å². The zero-order valence-electron chi connectivity index (χ0n) is 14.1. The van der Waals surface area contributed by atoms with Crippen molar-refractivity contribution in [3.8, 4) is 11.5 Å². The first-order valence-corrected chi connectivity index (χ1v) is 7.38. The molecule has 0 radical (unpaired) electrons. The van der Waals surface area contributed by atoms with Crippen molar-refractivity contribution in [1.29, 1.82) is 0 Å². The maximum Gasteiger partial charge on any atom is 0.337 e. The summed E-state index contributed by atoms with van der Waals surface area (Å²) in [6.45, 7) is -0.379. The van der Waals surface area contributed by atoms with Gasteiger partial charge in [0.1, 0.15) is 0 Å². The van der Waals surface area contributed by atoms with Gasteiger partial charge in [0, 0.05) is 11.8 Å². The molecule has 1 amide bonds. The monoisotopic (exact) mass is 360 g/mol. The van der Waals surface area contributed by atoms with Gasteiger partial charge in [-0.25, -0.2) is 4.79 Å². The summed E-state index contributed by atoms with van der Waals surface area (Å²) in [5.41, 5.74) is 0.625. The molecule has 1 N–H and O–H groups in total. The van der Waals surface area contributed by atoms with E-state index in [0.717, 1.165) is 0 Å². The van der Waals surface area contributed by atoms with Crippen LogP contribution in [0.4, 0.5) is 11.4 Å². The number of amides is 1. The van der Waals surface area contributed by atoms with Gasteiger partial charge in [-0.1, -0.05) is 0 Å². The van der Waals surface area contributed by atoms with E-state index < -0.39 is 16.8 Å². The molecule has 0 aromatic heterocycles. The van der Waals surface area contributed by atoms with Crippen LogP contribution in [0.1, 0.15) is 10.4 Å². The highest BCUT2D eigenvalue weighted by molar-refractivity contribution is 5.93. The molecule has 0 aliphatic heterocycles. The minimum absolute atomic E-state index is 0.0814. The summed E-state index contributed by atoms with van der Waals surface area (Å²) >= 11 is 0. The molecule has 0 spiro atoms. The normalized spacial score (nSPS) is 9.92. The van der Waals surface area contributed by atoms with Gasteiger partial charge < -0.3 is 19.5 Å². The van der Waals surface area contributed by atoms with E-state index in [-0.39, 0.29) is 23.8 Å². The summed E-state index contributed by atoms with van der Waals surface area (Å²) in [5.74, 6) is -0.614. The van der Waals surface area contributed by atoms with Crippen LogP contribution in [0.5, 0.6) is 11.5 Å². The third-order valence-corrected chi connectivity index (χ3v) is 3.31. The molecule has 9 heteroatoms. The SMILES string of the molecule is COC(=O)c1ccc(NC(=O)COc2cc([N+](=O)[O-])ccc2OC)cc1. The quantitative estimate of drug-likeness (QED) is 0.458.